The fourth-order valence-electron chi connectivity index (χ4n) is 1.69. The van der Waals surface area contributed by atoms with Crippen LogP contribution in [0.5, 0.6) is 23.0 Å². The molecule has 2 rings (SSSR count). The Bertz CT molecular complexity index is 706. The predicted molar refractivity (Wildman–Crippen MR) is 84.3 cm³/mol. The minimum atomic E-state index is 0.0638. The fraction of sp³-hybridized carbons (Fsp3) is 0.111. The van der Waals surface area contributed by atoms with Crippen molar-refractivity contribution < 1.29 is 19.7 Å². The Morgan fingerprint density at radius 1 is 1.09 bits per heavy atom. The Morgan fingerprint density at radius 3 is 2.55 bits per heavy atom. The Morgan fingerprint density at radius 2 is 1.86 bits per heavy atom. The molecule has 0 saturated heterocycles. The van der Waals surface area contributed by atoms with Crippen molar-refractivity contribution in [3.63, 3.8) is 0 Å². The third kappa shape index (κ3) is 4.50. The molecule has 0 spiro atoms. The van der Waals surface area contributed by atoms with Crippen molar-refractivity contribution in [1.82, 2.24) is 0 Å². The average molecular weight is 296 g/mol. The summed E-state index contributed by atoms with van der Waals surface area (Å²) in [6.07, 6.45) is 3.46. The van der Waals surface area contributed by atoms with Crippen molar-refractivity contribution in [2.45, 2.75) is 0 Å². The molecule has 0 atom stereocenters. The van der Waals surface area contributed by atoms with Crippen LogP contribution in [-0.4, -0.2) is 23.9 Å². The maximum absolute atomic E-state index is 9.63. The highest BCUT2D eigenvalue weighted by atomic mass is 16.5. The van der Waals surface area contributed by atoms with E-state index >= 15 is 0 Å². The normalized spacial score (nSPS) is 10.0. The summed E-state index contributed by atoms with van der Waals surface area (Å²) in [4.78, 5) is 0. The zero-order valence-corrected chi connectivity index (χ0v) is 12.1. The van der Waals surface area contributed by atoms with E-state index in [0.717, 1.165) is 0 Å². The summed E-state index contributed by atoms with van der Waals surface area (Å²) in [6, 6.07) is 11.5. The molecule has 0 heterocycles. The van der Waals surface area contributed by atoms with Crippen LogP contribution in [0.1, 0.15) is 5.56 Å². The minimum absolute atomic E-state index is 0.0638. The lowest BCUT2D eigenvalue weighted by Crippen LogP contribution is -1.92. The van der Waals surface area contributed by atoms with Crippen LogP contribution >= 0.6 is 0 Å². The summed E-state index contributed by atoms with van der Waals surface area (Å²) < 4.78 is 10.4. The summed E-state index contributed by atoms with van der Waals surface area (Å²) in [5.74, 6) is 7.13. The molecule has 4 heteroatoms. The van der Waals surface area contributed by atoms with Gasteiger partial charge in [0.1, 0.15) is 18.1 Å². The van der Waals surface area contributed by atoms with E-state index in [1.807, 2.05) is 0 Å². The van der Waals surface area contributed by atoms with Crippen molar-refractivity contribution >= 4 is 0 Å². The standard InChI is InChI=1S/C18H16O4/c1-21-18-11-6-14(13-17(18)20)5-3-2-4-12-22-16-9-7-15(19)8-10-16/h2,4,6-11,13,19-20H,12H2,1H3/b4-2+. The Labute approximate surface area is 129 Å². The molecule has 2 aromatic rings. The second-order valence-corrected chi connectivity index (χ2v) is 4.36. The molecule has 2 N–H and O–H groups in total. The van der Waals surface area contributed by atoms with Crippen molar-refractivity contribution in [2.75, 3.05) is 13.7 Å². The van der Waals surface area contributed by atoms with Gasteiger partial charge < -0.3 is 19.7 Å². The molecule has 0 bridgehead atoms. The third-order valence-corrected chi connectivity index (χ3v) is 2.78. The first-order valence-corrected chi connectivity index (χ1v) is 6.64. The highest BCUT2D eigenvalue weighted by Crippen LogP contribution is 2.25. The second kappa shape index (κ2) is 7.65. The van der Waals surface area contributed by atoms with Gasteiger partial charge >= 0.3 is 0 Å². The number of allylic oxidation sites excluding steroid dienone is 1. The zero-order valence-electron chi connectivity index (χ0n) is 12.1. The van der Waals surface area contributed by atoms with E-state index in [4.69, 9.17) is 14.6 Å². The number of benzene rings is 2. The molecular weight excluding hydrogens is 280 g/mol. The number of rotatable bonds is 4. The van der Waals surface area contributed by atoms with Crippen LogP contribution in [0.15, 0.2) is 54.6 Å². The predicted octanol–water partition coefficient (Wildman–Crippen LogP) is 3.09. The van der Waals surface area contributed by atoms with Crippen LogP contribution in [-0.2, 0) is 0 Å². The summed E-state index contributed by atoms with van der Waals surface area (Å²) >= 11 is 0. The van der Waals surface area contributed by atoms with Crippen LogP contribution in [0.2, 0.25) is 0 Å². The lowest BCUT2D eigenvalue weighted by Gasteiger charge is -2.02. The quantitative estimate of drug-likeness (QED) is 0.851. The molecule has 0 saturated carbocycles. The maximum Gasteiger partial charge on any atom is 0.160 e. The number of hydrogen-bond donors (Lipinski definition) is 2. The van der Waals surface area contributed by atoms with Crippen molar-refractivity contribution in [2.24, 2.45) is 0 Å². The first-order chi connectivity index (χ1) is 10.7. The molecule has 0 amide bonds. The molecule has 4 nitrogen and oxygen atoms in total. The second-order valence-electron chi connectivity index (χ2n) is 4.36. The van der Waals surface area contributed by atoms with Gasteiger partial charge in [0.2, 0.25) is 0 Å². The average Bonchev–Trinajstić information content (AvgIpc) is 2.52. The SMILES string of the molecule is COc1ccc(C#C/C=C/COc2ccc(O)cc2)cc1O. The molecular formula is C18H16O4. The maximum atomic E-state index is 9.63. The van der Waals surface area contributed by atoms with Crippen LogP contribution in [0.3, 0.4) is 0 Å². The van der Waals surface area contributed by atoms with Crippen LogP contribution < -0.4 is 9.47 Å². The van der Waals surface area contributed by atoms with Crippen LogP contribution in [0.25, 0.3) is 0 Å². The monoisotopic (exact) mass is 296 g/mol. The Hall–Kier alpha value is -3.06. The van der Waals surface area contributed by atoms with E-state index in [2.05, 4.69) is 11.8 Å². The summed E-state index contributed by atoms with van der Waals surface area (Å²) in [5.41, 5.74) is 0.697. The third-order valence-electron chi connectivity index (χ3n) is 2.78. The number of phenols is 2. The zero-order chi connectivity index (χ0) is 15.8. The van der Waals surface area contributed by atoms with Gasteiger partial charge in [-0.05, 0) is 54.6 Å². The first kappa shape index (κ1) is 15.3. The Balaban J connectivity index is 1.85. The minimum Gasteiger partial charge on any atom is -0.508 e. The van der Waals surface area contributed by atoms with E-state index in [0.29, 0.717) is 23.7 Å². The summed E-state index contributed by atoms with van der Waals surface area (Å²) in [7, 11) is 1.50. The largest absolute Gasteiger partial charge is 0.508 e. The number of phenolic OH excluding ortho intramolecular Hbond substituents is 2. The molecule has 0 aliphatic heterocycles. The number of methoxy groups -OCH3 is 1. The highest BCUT2D eigenvalue weighted by molar-refractivity contribution is 5.48. The van der Waals surface area contributed by atoms with Gasteiger partial charge in [0.05, 0.1) is 7.11 Å². The van der Waals surface area contributed by atoms with Gasteiger partial charge in [0.25, 0.3) is 0 Å². The van der Waals surface area contributed by atoms with Gasteiger partial charge in [-0.2, -0.15) is 0 Å². The van der Waals surface area contributed by atoms with Crippen LogP contribution in [0.4, 0.5) is 0 Å². The molecule has 0 aromatic heterocycles. The molecule has 112 valence electrons. The summed E-state index contributed by atoms with van der Waals surface area (Å²) in [5, 5.41) is 18.8. The lowest BCUT2D eigenvalue weighted by atomic mass is 10.2. The van der Waals surface area contributed by atoms with Crippen molar-refractivity contribution in [1.29, 1.82) is 0 Å². The molecule has 2 aromatic carbocycles. The van der Waals surface area contributed by atoms with Gasteiger partial charge in [0, 0.05) is 5.56 Å². The highest BCUT2D eigenvalue weighted by Gasteiger charge is 1.99. The van der Waals surface area contributed by atoms with Crippen molar-refractivity contribution in [3.05, 3.63) is 60.2 Å². The molecule has 0 aliphatic carbocycles. The molecule has 0 unspecified atom stereocenters. The number of hydrogen-bond acceptors (Lipinski definition) is 4. The van der Waals surface area contributed by atoms with Gasteiger partial charge in [-0.3, -0.25) is 0 Å². The lowest BCUT2D eigenvalue weighted by molar-refractivity contribution is 0.362. The van der Waals surface area contributed by atoms with Crippen molar-refractivity contribution in [3.8, 4) is 34.8 Å². The number of aromatic hydroxyl groups is 2. The first-order valence-electron chi connectivity index (χ1n) is 6.64. The topological polar surface area (TPSA) is 58.9 Å². The van der Waals surface area contributed by atoms with E-state index in [9.17, 15) is 5.11 Å². The van der Waals surface area contributed by atoms with E-state index in [-0.39, 0.29) is 11.5 Å². The Kier molecular flexibility index (Phi) is 5.33. The molecule has 0 fully saturated rings. The van der Waals surface area contributed by atoms with Crippen LogP contribution in [0, 0.1) is 11.8 Å². The smallest absolute Gasteiger partial charge is 0.160 e. The fourth-order valence-corrected chi connectivity index (χ4v) is 1.69. The van der Waals surface area contributed by atoms with E-state index in [1.165, 1.54) is 7.11 Å². The summed E-state index contributed by atoms with van der Waals surface area (Å²) in [6.45, 7) is 0.382. The van der Waals surface area contributed by atoms with Gasteiger partial charge in [-0.1, -0.05) is 11.8 Å². The number of ether oxygens (including phenoxy) is 2. The van der Waals surface area contributed by atoms with E-state index < -0.39 is 0 Å². The van der Waals surface area contributed by atoms with Gasteiger partial charge in [0.15, 0.2) is 11.5 Å². The molecule has 0 aliphatic rings. The van der Waals surface area contributed by atoms with E-state index in [1.54, 1.807) is 54.6 Å². The van der Waals surface area contributed by atoms with Gasteiger partial charge in [-0.15, -0.1) is 0 Å². The van der Waals surface area contributed by atoms with Gasteiger partial charge in [-0.25, -0.2) is 0 Å². The molecule has 0 radical (unpaired) electrons. The molecule has 22 heavy (non-hydrogen) atoms.